The fraction of sp³-hybridized carbons (Fsp3) is 0.267. The molecule has 10 heteroatoms. The third kappa shape index (κ3) is 5.02. The van der Waals surface area contributed by atoms with Gasteiger partial charge in [0.1, 0.15) is 28.6 Å². The van der Waals surface area contributed by atoms with Gasteiger partial charge in [-0.2, -0.15) is 0 Å². The molecular formula is C30H27FN2O6S. The fourth-order valence-electron chi connectivity index (χ4n) is 4.65. The lowest BCUT2D eigenvalue weighted by atomic mass is 9.98. The monoisotopic (exact) mass is 562 g/mol. The molecule has 40 heavy (non-hydrogen) atoms. The molecule has 8 nitrogen and oxygen atoms in total. The second kappa shape index (κ2) is 11.4. The number of ether oxygens (including phenoxy) is 2. The van der Waals surface area contributed by atoms with E-state index in [2.05, 4.69) is 18.5 Å². The number of anilines is 1. The number of aromatic nitrogens is 1. The van der Waals surface area contributed by atoms with Crippen molar-refractivity contribution in [2.45, 2.75) is 39.2 Å². The summed E-state index contributed by atoms with van der Waals surface area (Å²) in [6.07, 6.45) is 4.43. The molecule has 2 aromatic heterocycles. The van der Waals surface area contributed by atoms with Gasteiger partial charge in [0.05, 0.1) is 29.3 Å². The van der Waals surface area contributed by atoms with Crippen LogP contribution >= 0.6 is 11.3 Å². The first kappa shape index (κ1) is 27.3. The number of nitrogens with zero attached hydrogens (tertiary/aromatic N) is 2. The SMILES string of the molecule is C=CCOC(=O)c1sc(N2C(=O)c3oc4ccc(F)cc4c(=O)c3C2c2cccc(OCCCCC)c2)nc1C. The summed E-state index contributed by atoms with van der Waals surface area (Å²) in [4.78, 5) is 46.3. The normalized spacial score (nSPS) is 14.4. The van der Waals surface area contributed by atoms with Crippen LogP contribution in [0.5, 0.6) is 5.75 Å². The second-order valence-corrected chi connectivity index (χ2v) is 10.3. The highest BCUT2D eigenvalue weighted by Crippen LogP contribution is 2.43. The van der Waals surface area contributed by atoms with E-state index in [4.69, 9.17) is 13.9 Å². The maximum Gasteiger partial charge on any atom is 0.350 e. The van der Waals surface area contributed by atoms with Crippen molar-refractivity contribution in [2.24, 2.45) is 0 Å². The van der Waals surface area contributed by atoms with Crippen LogP contribution in [0, 0.1) is 12.7 Å². The second-order valence-electron chi connectivity index (χ2n) is 9.32. The minimum atomic E-state index is -0.951. The van der Waals surface area contributed by atoms with E-state index < -0.39 is 29.2 Å². The Hall–Kier alpha value is -4.31. The molecule has 0 N–H and O–H groups in total. The van der Waals surface area contributed by atoms with Crippen molar-refractivity contribution in [1.82, 2.24) is 4.98 Å². The number of benzene rings is 2. The Labute approximate surface area is 233 Å². The molecule has 206 valence electrons. The molecule has 0 fully saturated rings. The summed E-state index contributed by atoms with van der Waals surface area (Å²) >= 11 is 0.974. The number of carbonyl (C=O) groups excluding carboxylic acids is 2. The molecule has 3 heterocycles. The molecule has 1 unspecified atom stereocenters. The summed E-state index contributed by atoms with van der Waals surface area (Å²) in [7, 11) is 0. The zero-order valence-corrected chi connectivity index (χ0v) is 22.9. The van der Waals surface area contributed by atoms with Crippen LogP contribution in [-0.2, 0) is 4.74 Å². The van der Waals surface area contributed by atoms with Crippen LogP contribution in [-0.4, -0.2) is 30.1 Å². The van der Waals surface area contributed by atoms with E-state index in [0.717, 1.165) is 42.7 Å². The number of fused-ring (bicyclic) bond motifs is 2. The zero-order chi connectivity index (χ0) is 28.4. The molecule has 0 radical (unpaired) electrons. The largest absolute Gasteiger partial charge is 0.494 e. The number of carbonyl (C=O) groups is 2. The maximum absolute atomic E-state index is 14.1. The third-order valence-electron chi connectivity index (χ3n) is 6.53. The van der Waals surface area contributed by atoms with Crippen LogP contribution in [0.15, 0.2) is 64.3 Å². The van der Waals surface area contributed by atoms with E-state index >= 15 is 0 Å². The molecule has 1 amide bonds. The minimum absolute atomic E-state index is 0.0226. The first-order valence-electron chi connectivity index (χ1n) is 12.9. The first-order valence-corrected chi connectivity index (χ1v) is 13.7. The van der Waals surface area contributed by atoms with Crippen molar-refractivity contribution in [3.05, 3.63) is 98.6 Å². The maximum atomic E-state index is 14.1. The summed E-state index contributed by atoms with van der Waals surface area (Å²) < 4.78 is 31.1. The Bertz CT molecular complexity index is 1680. The average Bonchev–Trinajstić information content (AvgIpc) is 3.47. The van der Waals surface area contributed by atoms with Gasteiger partial charge in [0.25, 0.3) is 5.91 Å². The number of halogens is 1. The predicted octanol–water partition coefficient (Wildman–Crippen LogP) is 6.36. The molecule has 5 rings (SSSR count). The Balaban J connectivity index is 1.65. The standard InChI is InChI=1S/C30H27FN2O6S/c1-4-6-7-14-37-20-10-8-9-18(15-20)24-23-25(34)21-16-19(31)11-12-22(21)39-26(23)28(35)33(24)30-32-17(3)27(40-30)29(36)38-13-5-2/h5,8-12,15-16,24H,2,4,6-7,13-14H2,1,3H3. The van der Waals surface area contributed by atoms with Crippen LogP contribution < -0.4 is 15.1 Å². The lowest BCUT2D eigenvalue weighted by Crippen LogP contribution is -2.29. The topological polar surface area (TPSA) is 98.9 Å². The van der Waals surface area contributed by atoms with Crippen molar-refractivity contribution in [1.29, 1.82) is 0 Å². The lowest BCUT2D eigenvalue weighted by Gasteiger charge is -2.23. The van der Waals surface area contributed by atoms with Crippen molar-refractivity contribution in [3.8, 4) is 5.75 Å². The third-order valence-corrected chi connectivity index (χ3v) is 7.67. The van der Waals surface area contributed by atoms with Gasteiger partial charge in [-0.1, -0.05) is 55.9 Å². The van der Waals surface area contributed by atoms with Crippen molar-refractivity contribution >= 4 is 39.3 Å². The molecule has 0 bridgehead atoms. The van der Waals surface area contributed by atoms with Gasteiger partial charge in [-0.15, -0.1) is 0 Å². The highest BCUT2D eigenvalue weighted by molar-refractivity contribution is 7.17. The van der Waals surface area contributed by atoms with E-state index in [1.54, 1.807) is 31.2 Å². The number of aryl methyl sites for hydroxylation is 1. The molecule has 0 saturated carbocycles. The van der Waals surface area contributed by atoms with E-state index in [1.165, 1.54) is 17.0 Å². The fourth-order valence-corrected chi connectivity index (χ4v) is 5.64. The first-order chi connectivity index (χ1) is 19.3. The van der Waals surface area contributed by atoms with Crippen molar-refractivity contribution in [3.63, 3.8) is 0 Å². The highest BCUT2D eigenvalue weighted by Gasteiger charge is 2.45. The molecule has 1 aliphatic heterocycles. The number of rotatable bonds is 10. The smallest absolute Gasteiger partial charge is 0.350 e. The van der Waals surface area contributed by atoms with E-state index in [1.807, 2.05) is 0 Å². The van der Waals surface area contributed by atoms with Gasteiger partial charge in [-0.25, -0.2) is 14.2 Å². The zero-order valence-electron chi connectivity index (χ0n) is 22.1. The summed E-state index contributed by atoms with van der Waals surface area (Å²) in [5.74, 6) is -1.38. The van der Waals surface area contributed by atoms with E-state index in [-0.39, 0.29) is 38.9 Å². The number of hydrogen-bond acceptors (Lipinski definition) is 8. The van der Waals surface area contributed by atoms with Crippen LogP contribution in [0.2, 0.25) is 0 Å². The Kier molecular flexibility index (Phi) is 7.79. The predicted molar refractivity (Wildman–Crippen MR) is 150 cm³/mol. The Morgan fingerprint density at radius 2 is 2.05 bits per heavy atom. The molecular weight excluding hydrogens is 535 g/mol. The number of unbranched alkanes of at least 4 members (excludes halogenated alkanes) is 2. The van der Waals surface area contributed by atoms with Gasteiger partial charge in [-0.3, -0.25) is 14.5 Å². The summed E-state index contributed by atoms with van der Waals surface area (Å²) in [5.41, 5.74) is 0.582. The van der Waals surface area contributed by atoms with Gasteiger partial charge < -0.3 is 13.9 Å². The summed E-state index contributed by atoms with van der Waals surface area (Å²) in [6, 6.07) is 9.75. The summed E-state index contributed by atoms with van der Waals surface area (Å²) in [5, 5.41) is 0.211. The number of thiazole rings is 1. The number of esters is 1. The molecule has 4 aromatic rings. The van der Waals surface area contributed by atoms with Crippen LogP contribution in [0.1, 0.15) is 69.3 Å². The molecule has 1 aliphatic rings. The van der Waals surface area contributed by atoms with Gasteiger partial charge in [0, 0.05) is 0 Å². The van der Waals surface area contributed by atoms with Gasteiger partial charge in [0.2, 0.25) is 5.76 Å². The quantitative estimate of drug-likeness (QED) is 0.126. The van der Waals surface area contributed by atoms with Crippen molar-refractivity contribution < 1.29 is 27.9 Å². The van der Waals surface area contributed by atoms with E-state index in [9.17, 15) is 18.8 Å². The Morgan fingerprint density at radius 3 is 2.83 bits per heavy atom. The molecule has 1 atom stereocenters. The van der Waals surface area contributed by atoms with Crippen LogP contribution in [0.4, 0.5) is 9.52 Å². The van der Waals surface area contributed by atoms with Gasteiger partial charge in [-0.05, 0) is 49.2 Å². The summed E-state index contributed by atoms with van der Waals surface area (Å²) in [6.45, 7) is 7.84. The lowest BCUT2D eigenvalue weighted by molar-refractivity contribution is 0.0554. The highest BCUT2D eigenvalue weighted by atomic mass is 32.1. The van der Waals surface area contributed by atoms with E-state index in [0.29, 0.717) is 23.6 Å². The molecule has 0 spiro atoms. The molecule has 0 aliphatic carbocycles. The number of hydrogen-bond donors (Lipinski definition) is 0. The van der Waals surface area contributed by atoms with Gasteiger partial charge in [0.15, 0.2) is 10.6 Å². The minimum Gasteiger partial charge on any atom is -0.494 e. The average molecular weight is 563 g/mol. The van der Waals surface area contributed by atoms with Crippen LogP contribution in [0.25, 0.3) is 11.0 Å². The molecule has 2 aromatic carbocycles. The van der Waals surface area contributed by atoms with Crippen LogP contribution in [0.3, 0.4) is 0 Å². The van der Waals surface area contributed by atoms with Gasteiger partial charge >= 0.3 is 5.97 Å². The molecule has 0 saturated heterocycles. The Morgan fingerprint density at radius 1 is 1.23 bits per heavy atom. The number of amides is 1. The van der Waals surface area contributed by atoms with Crippen molar-refractivity contribution in [2.75, 3.05) is 18.1 Å².